The fraction of sp³-hybridized carbons (Fsp3) is 0.500. The molecular formula is C14H22N2O3. The van der Waals surface area contributed by atoms with Crippen LogP contribution >= 0.6 is 0 Å². The Labute approximate surface area is 114 Å². The molecule has 0 aliphatic rings. The predicted octanol–water partition coefficient (Wildman–Crippen LogP) is 1.65. The van der Waals surface area contributed by atoms with Crippen molar-refractivity contribution in [1.29, 1.82) is 0 Å². The molecular weight excluding hydrogens is 244 g/mol. The van der Waals surface area contributed by atoms with Crippen molar-refractivity contribution in [3.63, 3.8) is 0 Å². The molecule has 0 saturated carbocycles. The zero-order valence-corrected chi connectivity index (χ0v) is 11.7. The van der Waals surface area contributed by atoms with Crippen LogP contribution < -0.4 is 15.4 Å². The molecule has 0 fully saturated rings. The number of hydrogen-bond acceptors (Lipinski definition) is 4. The summed E-state index contributed by atoms with van der Waals surface area (Å²) in [4.78, 5) is 11.8. The number of para-hydroxylation sites is 2. The van der Waals surface area contributed by atoms with Crippen molar-refractivity contribution in [3.05, 3.63) is 24.3 Å². The minimum atomic E-state index is -0.335. The molecule has 0 aliphatic heterocycles. The van der Waals surface area contributed by atoms with Gasteiger partial charge in [-0.3, -0.25) is 4.79 Å². The van der Waals surface area contributed by atoms with Gasteiger partial charge in [-0.1, -0.05) is 12.1 Å². The zero-order chi connectivity index (χ0) is 14.1. The summed E-state index contributed by atoms with van der Waals surface area (Å²) in [5, 5.41) is 5.93. The second-order valence-corrected chi connectivity index (χ2v) is 4.08. The van der Waals surface area contributed by atoms with Crippen LogP contribution in [0.3, 0.4) is 0 Å². The number of carbonyl (C=O) groups is 1. The van der Waals surface area contributed by atoms with Gasteiger partial charge in [-0.25, -0.2) is 0 Å². The molecule has 0 aliphatic carbocycles. The first-order valence-corrected chi connectivity index (χ1v) is 6.44. The molecule has 1 aromatic rings. The van der Waals surface area contributed by atoms with Crippen LogP contribution in [0, 0.1) is 0 Å². The van der Waals surface area contributed by atoms with Gasteiger partial charge in [0.05, 0.1) is 18.9 Å². The summed E-state index contributed by atoms with van der Waals surface area (Å²) in [6.07, 6.45) is 0. The monoisotopic (exact) mass is 266 g/mol. The number of anilines is 1. The topological polar surface area (TPSA) is 59.6 Å². The number of hydrogen-bond donors (Lipinski definition) is 2. The van der Waals surface area contributed by atoms with Crippen molar-refractivity contribution in [2.45, 2.75) is 19.9 Å². The molecule has 1 aromatic carbocycles. The van der Waals surface area contributed by atoms with Crippen LogP contribution in [0.1, 0.15) is 13.8 Å². The van der Waals surface area contributed by atoms with E-state index in [2.05, 4.69) is 10.6 Å². The molecule has 1 unspecified atom stereocenters. The van der Waals surface area contributed by atoms with Crippen LogP contribution in [0.4, 0.5) is 5.69 Å². The highest BCUT2D eigenvalue weighted by atomic mass is 16.5. The number of methoxy groups -OCH3 is 1. The van der Waals surface area contributed by atoms with Crippen LogP contribution in [0.2, 0.25) is 0 Å². The van der Waals surface area contributed by atoms with E-state index in [-0.39, 0.29) is 11.9 Å². The summed E-state index contributed by atoms with van der Waals surface area (Å²) in [7, 11) is 1.60. The fourth-order valence-corrected chi connectivity index (χ4v) is 1.60. The lowest BCUT2D eigenvalue weighted by Crippen LogP contribution is -2.39. The molecule has 106 valence electrons. The van der Waals surface area contributed by atoms with E-state index >= 15 is 0 Å². The molecule has 0 heterocycles. The van der Waals surface area contributed by atoms with Crippen LogP contribution in [0.5, 0.6) is 5.75 Å². The SMILES string of the molecule is CCOc1ccccc1NC(C)C(=O)NCCOC. The molecule has 2 N–H and O–H groups in total. The molecule has 0 saturated heterocycles. The van der Waals surface area contributed by atoms with Gasteiger partial charge >= 0.3 is 0 Å². The molecule has 5 nitrogen and oxygen atoms in total. The van der Waals surface area contributed by atoms with Gasteiger partial charge in [-0.2, -0.15) is 0 Å². The quantitative estimate of drug-likeness (QED) is 0.702. The minimum absolute atomic E-state index is 0.0663. The van der Waals surface area contributed by atoms with Crippen molar-refractivity contribution >= 4 is 11.6 Å². The summed E-state index contributed by atoms with van der Waals surface area (Å²) in [5.74, 6) is 0.685. The number of carbonyl (C=O) groups excluding carboxylic acids is 1. The van der Waals surface area contributed by atoms with E-state index in [1.54, 1.807) is 7.11 Å². The Morgan fingerprint density at radius 1 is 1.37 bits per heavy atom. The molecule has 0 radical (unpaired) electrons. The summed E-state index contributed by atoms with van der Waals surface area (Å²) in [6.45, 7) is 5.35. The number of ether oxygens (including phenoxy) is 2. The Hall–Kier alpha value is -1.75. The van der Waals surface area contributed by atoms with Gasteiger partial charge in [0.2, 0.25) is 5.91 Å². The smallest absolute Gasteiger partial charge is 0.242 e. The van der Waals surface area contributed by atoms with Crippen molar-refractivity contribution in [3.8, 4) is 5.75 Å². The maximum atomic E-state index is 11.8. The van der Waals surface area contributed by atoms with E-state index < -0.39 is 0 Å². The van der Waals surface area contributed by atoms with Crippen molar-refractivity contribution < 1.29 is 14.3 Å². The van der Waals surface area contributed by atoms with Crippen molar-refractivity contribution in [2.75, 3.05) is 32.2 Å². The highest BCUT2D eigenvalue weighted by Gasteiger charge is 2.13. The van der Waals surface area contributed by atoms with E-state index in [4.69, 9.17) is 9.47 Å². The van der Waals surface area contributed by atoms with Gasteiger partial charge in [0, 0.05) is 13.7 Å². The maximum Gasteiger partial charge on any atom is 0.242 e. The first-order valence-electron chi connectivity index (χ1n) is 6.44. The first-order chi connectivity index (χ1) is 9.19. The highest BCUT2D eigenvalue weighted by Crippen LogP contribution is 2.24. The molecule has 19 heavy (non-hydrogen) atoms. The minimum Gasteiger partial charge on any atom is -0.492 e. The number of benzene rings is 1. The normalized spacial score (nSPS) is 11.7. The van der Waals surface area contributed by atoms with E-state index in [1.807, 2.05) is 38.1 Å². The second-order valence-electron chi connectivity index (χ2n) is 4.08. The van der Waals surface area contributed by atoms with Gasteiger partial charge in [0.1, 0.15) is 11.8 Å². The predicted molar refractivity (Wildman–Crippen MR) is 75.6 cm³/mol. The van der Waals surface area contributed by atoms with E-state index in [1.165, 1.54) is 0 Å². The first kappa shape index (κ1) is 15.3. The van der Waals surface area contributed by atoms with Gasteiger partial charge in [0.25, 0.3) is 0 Å². The molecule has 0 bridgehead atoms. The average Bonchev–Trinajstić information content (AvgIpc) is 2.41. The van der Waals surface area contributed by atoms with Crippen LogP contribution in [-0.4, -0.2) is 38.8 Å². The lowest BCUT2D eigenvalue weighted by atomic mass is 10.2. The summed E-state index contributed by atoms with van der Waals surface area (Å²) in [5.41, 5.74) is 0.818. The molecule has 0 aromatic heterocycles. The largest absolute Gasteiger partial charge is 0.492 e. The summed E-state index contributed by atoms with van der Waals surface area (Å²) < 4.78 is 10.4. The number of nitrogens with one attached hydrogen (secondary N) is 2. The fourth-order valence-electron chi connectivity index (χ4n) is 1.60. The lowest BCUT2D eigenvalue weighted by molar-refractivity contribution is -0.121. The van der Waals surface area contributed by atoms with Gasteiger partial charge in [0.15, 0.2) is 0 Å². The van der Waals surface area contributed by atoms with Crippen LogP contribution in [0.25, 0.3) is 0 Å². The van der Waals surface area contributed by atoms with Gasteiger partial charge in [-0.15, -0.1) is 0 Å². The molecule has 1 atom stereocenters. The molecule has 5 heteroatoms. The van der Waals surface area contributed by atoms with Gasteiger partial charge < -0.3 is 20.1 Å². The van der Waals surface area contributed by atoms with Crippen LogP contribution in [-0.2, 0) is 9.53 Å². The number of amides is 1. The van der Waals surface area contributed by atoms with Gasteiger partial charge in [-0.05, 0) is 26.0 Å². The number of rotatable bonds is 8. The Morgan fingerprint density at radius 2 is 2.11 bits per heavy atom. The van der Waals surface area contributed by atoms with E-state index in [9.17, 15) is 4.79 Å². The Bertz CT molecular complexity index is 396. The zero-order valence-electron chi connectivity index (χ0n) is 11.7. The molecule has 1 rings (SSSR count). The highest BCUT2D eigenvalue weighted by molar-refractivity contribution is 5.84. The van der Waals surface area contributed by atoms with Crippen molar-refractivity contribution in [2.24, 2.45) is 0 Å². The Morgan fingerprint density at radius 3 is 2.79 bits per heavy atom. The van der Waals surface area contributed by atoms with Crippen molar-refractivity contribution in [1.82, 2.24) is 5.32 Å². The summed E-state index contributed by atoms with van der Waals surface area (Å²) in [6, 6.07) is 7.24. The Balaban J connectivity index is 2.55. The third-order valence-corrected chi connectivity index (χ3v) is 2.56. The Kier molecular flexibility index (Phi) is 6.74. The summed E-state index contributed by atoms with van der Waals surface area (Å²) >= 11 is 0. The maximum absolute atomic E-state index is 11.8. The average molecular weight is 266 g/mol. The van der Waals surface area contributed by atoms with E-state index in [0.29, 0.717) is 19.8 Å². The van der Waals surface area contributed by atoms with E-state index in [0.717, 1.165) is 11.4 Å². The molecule has 1 amide bonds. The molecule has 0 spiro atoms. The van der Waals surface area contributed by atoms with Crippen LogP contribution in [0.15, 0.2) is 24.3 Å². The standard InChI is InChI=1S/C14H22N2O3/c1-4-19-13-8-6-5-7-12(13)16-11(2)14(17)15-9-10-18-3/h5-8,11,16H,4,9-10H2,1-3H3,(H,15,17). The lowest BCUT2D eigenvalue weighted by Gasteiger charge is -2.17. The third-order valence-electron chi connectivity index (χ3n) is 2.56. The third kappa shape index (κ3) is 5.18. The second kappa shape index (κ2) is 8.37.